The van der Waals surface area contributed by atoms with Gasteiger partial charge in [0.05, 0.1) is 11.8 Å². The Bertz CT molecular complexity index is 919. The Morgan fingerprint density at radius 2 is 2.00 bits per heavy atom. The van der Waals surface area contributed by atoms with Gasteiger partial charge in [-0.1, -0.05) is 30.3 Å². The largest absolute Gasteiger partial charge is 0.390 e. The molecular weight excluding hydrogens is 352 g/mol. The number of benzene rings is 1. The number of carbonyl (C=O) groups is 1. The standard InChI is InChI=1S/C22H26N4O2/c27-20(16-25-12-10-17-5-1-2-6-18(17)14-25)13-23-22(28)9-8-19-15-26-11-4-3-7-21(26)24-19/h1-7,11,15,20,27H,8-10,12-14,16H2,(H,23,28)/t20-/m0/s1. The van der Waals surface area contributed by atoms with E-state index < -0.39 is 6.10 Å². The van der Waals surface area contributed by atoms with Gasteiger partial charge in [0.1, 0.15) is 5.65 Å². The van der Waals surface area contributed by atoms with Crippen LogP contribution in [0.15, 0.2) is 54.9 Å². The minimum Gasteiger partial charge on any atom is -0.390 e. The molecule has 0 spiro atoms. The van der Waals surface area contributed by atoms with Crippen molar-refractivity contribution in [3.05, 3.63) is 71.7 Å². The summed E-state index contributed by atoms with van der Waals surface area (Å²) in [7, 11) is 0. The fraction of sp³-hybridized carbons (Fsp3) is 0.364. The van der Waals surface area contributed by atoms with Crippen LogP contribution in [-0.4, -0.2) is 51.0 Å². The first-order chi connectivity index (χ1) is 13.7. The lowest BCUT2D eigenvalue weighted by molar-refractivity contribution is -0.121. The highest BCUT2D eigenvalue weighted by molar-refractivity contribution is 5.76. The molecule has 6 nitrogen and oxygen atoms in total. The third kappa shape index (κ3) is 4.58. The van der Waals surface area contributed by atoms with Gasteiger partial charge in [0.25, 0.3) is 0 Å². The summed E-state index contributed by atoms with van der Waals surface area (Å²) in [5.41, 5.74) is 4.51. The van der Waals surface area contributed by atoms with Gasteiger partial charge >= 0.3 is 0 Å². The number of nitrogens with one attached hydrogen (secondary N) is 1. The van der Waals surface area contributed by atoms with E-state index in [9.17, 15) is 9.90 Å². The second kappa shape index (κ2) is 8.54. The van der Waals surface area contributed by atoms with Gasteiger partial charge in [-0.2, -0.15) is 0 Å². The van der Waals surface area contributed by atoms with Gasteiger partial charge in [-0.3, -0.25) is 9.69 Å². The van der Waals surface area contributed by atoms with Crippen LogP contribution in [0.3, 0.4) is 0 Å². The van der Waals surface area contributed by atoms with Crippen LogP contribution in [0.5, 0.6) is 0 Å². The third-order valence-corrected chi connectivity index (χ3v) is 5.24. The first-order valence-electron chi connectivity index (χ1n) is 9.84. The minimum absolute atomic E-state index is 0.0555. The maximum Gasteiger partial charge on any atom is 0.220 e. The molecule has 0 saturated carbocycles. The molecule has 2 N–H and O–H groups in total. The summed E-state index contributed by atoms with van der Waals surface area (Å²) in [5.74, 6) is -0.0555. The van der Waals surface area contributed by atoms with Crippen LogP contribution in [0, 0.1) is 0 Å². The highest BCUT2D eigenvalue weighted by atomic mass is 16.3. The van der Waals surface area contributed by atoms with Crippen molar-refractivity contribution >= 4 is 11.6 Å². The van der Waals surface area contributed by atoms with Gasteiger partial charge in [0.15, 0.2) is 0 Å². The zero-order valence-electron chi connectivity index (χ0n) is 15.9. The number of nitrogens with zero attached hydrogens (tertiary/aromatic N) is 3. The summed E-state index contributed by atoms with van der Waals surface area (Å²) in [6.45, 7) is 2.65. The Morgan fingerprint density at radius 3 is 2.86 bits per heavy atom. The normalized spacial score (nSPS) is 15.3. The van der Waals surface area contributed by atoms with Crippen molar-refractivity contribution < 1.29 is 9.90 Å². The lowest BCUT2D eigenvalue weighted by Crippen LogP contribution is -2.42. The van der Waals surface area contributed by atoms with Crippen molar-refractivity contribution in [1.82, 2.24) is 19.6 Å². The molecule has 1 amide bonds. The molecule has 28 heavy (non-hydrogen) atoms. The number of fused-ring (bicyclic) bond motifs is 2. The minimum atomic E-state index is -0.565. The van der Waals surface area contributed by atoms with Crippen LogP contribution in [-0.2, 0) is 24.2 Å². The topological polar surface area (TPSA) is 69.9 Å². The van der Waals surface area contributed by atoms with E-state index in [2.05, 4.69) is 39.5 Å². The third-order valence-electron chi connectivity index (χ3n) is 5.24. The quantitative estimate of drug-likeness (QED) is 0.658. The van der Waals surface area contributed by atoms with E-state index in [4.69, 9.17) is 0 Å². The van der Waals surface area contributed by atoms with Gasteiger partial charge in [-0.25, -0.2) is 4.98 Å². The van der Waals surface area contributed by atoms with Gasteiger partial charge < -0.3 is 14.8 Å². The molecular formula is C22H26N4O2. The van der Waals surface area contributed by atoms with Crippen molar-refractivity contribution in [2.45, 2.75) is 31.9 Å². The van der Waals surface area contributed by atoms with Crippen LogP contribution < -0.4 is 5.32 Å². The number of pyridine rings is 1. The molecule has 1 atom stereocenters. The van der Waals surface area contributed by atoms with Crippen LogP contribution in [0.25, 0.3) is 5.65 Å². The number of hydrogen-bond donors (Lipinski definition) is 2. The highest BCUT2D eigenvalue weighted by Crippen LogP contribution is 2.18. The summed E-state index contributed by atoms with van der Waals surface area (Å²) < 4.78 is 1.95. The van der Waals surface area contributed by atoms with Crippen LogP contribution in [0.1, 0.15) is 23.2 Å². The molecule has 0 saturated heterocycles. The van der Waals surface area contributed by atoms with E-state index >= 15 is 0 Å². The molecule has 1 aliphatic heterocycles. The molecule has 1 aromatic carbocycles. The first-order valence-corrected chi connectivity index (χ1v) is 9.84. The molecule has 0 aliphatic carbocycles. The van der Waals surface area contributed by atoms with Crippen molar-refractivity contribution in [3.63, 3.8) is 0 Å². The maximum atomic E-state index is 12.1. The molecule has 2 aromatic heterocycles. The monoisotopic (exact) mass is 378 g/mol. The summed E-state index contributed by atoms with van der Waals surface area (Å²) in [6.07, 6.45) is 5.30. The number of β-amino-alcohol motifs (C(OH)–C–C–N with tert-alkyl or cyclic N) is 1. The average Bonchev–Trinajstić information content (AvgIpc) is 3.14. The summed E-state index contributed by atoms with van der Waals surface area (Å²) in [6, 6.07) is 14.3. The molecule has 6 heteroatoms. The molecule has 0 unspecified atom stereocenters. The number of amides is 1. The van der Waals surface area contributed by atoms with E-state index in [1.165, 1.54) is 11.1 Å². The van der Waals surface area contributed by atoms with Gasteiger partial charge in [0, 0.05) is 45.0 Å². The number of imidazole rings is 1. The number of carbonyl (C=O) groups excluding carboxylic acids is 1. The Hall–Kier alpha value is -2.70. The van der Waals surface area contributed by atoms with E-state index in [0.29, 0.717) is 19.4 Å². The average molecular weight is 378 g/mol. The lowest BCUT2D eigenvalue weighted by atomic mass is 10.00. The highest BCUT2D eigenvalue weighted by Gasteiger charge is 2.18. The smallest absolute Gasteiger partial charge is 0.220 e. The van der Waals surface area contributed by atoms with Crippen molar-refractivity contribution in [3.8, 4) is 0 Å². The number of aryl methyl sites for hydroxylation is 1. The number of rotatable bonds is 7. The fourth-order valence-corrected chi connectivity index (χ4v) is 3.74. The number of aliphatic hydroxyl groups is 1. The molecule has 3 aromatic rings. The Kier molecular flexibility index (Phi) is 5.69. The molecule has 146 valence electrons. The predicted molar refractivity (Wildman–Crippen MR) is 108 cm³/mol. The van der Waals surface area contributed by atoms with E-state index in [1.807, 2.05) is 35.0 Å². The number of aromatic nitrogens is 2. The predicted octanol–water partition coefficient (Wildman–Crippen LogP) is 1.80. The van der Waals surface area contributed by atoms with E-state index in [0.717, 1.165) is 30.9 Å². The van der Waals surface area contributed by atoms with Crippen LogP contribution >= 0.6 is 0 Å². The van der Waals surface area contributed by atoms with Crippen LogP contribution in [0.2, 0.25) is 0 Å². The molecule has 4 rings (SSSR count). The second-order valence-corrected chi connectivity index (χ2v) is 7.41. The lowest BCUT2D eigenvalue weighted by Gasteiger charge is -2.30. The van der Waals surface area contributed by atoms with Crippen molar-refractivity contribution in [1.29, 1.82) is 0 Å². The fourth-order valence-electron chi connectivity index (χ4n) is 3.74. The number of hydrogen-bond acceptors (Lipinski definition) is 4. The molecule has 1 aliphatic rings. The van der Waals surface area contributed by atoms with E-state index in [-0.39, 0.29) is 12.5 Å². The van der Waals surface area contributed by atoms with Gasteiger partial charge in [-0.05, 0) is 36.1 Å². The second-order valence-electron chi connectivity index (χ2n) is 7.41. The van der Waals surface area contributed by atoms with Crippen LogP contribution in [0.4, 0.5) is 0 Å². The Morgan fingerprint density at radius 1 is 1.18 bits per heavy atom. The molecule has 0 bridgehead atoms. The zero-order chi connectivity index (χ0) is 19.3. The maximum absolute atomic E-state index is 12.1. The summed E-state index contributed by atoms with van der Waals surface area (Å²) >= 11 is 0. The zero-order valence-corrected chi connectivity index (χ0v) is 15.9. The van der Waals surface area contributed by atoms with Gasteiger partial charge in [-0.15, -0.1) is 0 Å². The van der Waals surface area contributed by atoms with Crippen molar-refractivity contribution in [2.75, 3.05) is 19.6 Å². The summed E-state index contributed by atoms with van der Waals surface area (Å²) in [4.78, 5) is 18.9. The van der Waals surface area contributed by atoms with E-state index in [1.54, 1.807) is 0 Å². The molecule has 0 radical (unpaired) electrons. The van der Waals surface area contributed by atoms with Gasteiger partial charge in [0.2, 0.25) is 5.91 Å². The van der Waals surface area contributed by atoms with Crippen molar-refractivity contribution in [2.24, 2.45) is 0 Å². The Balaban J connectivity index is 1.19. The summed E-state index contributed by atoms with van der Waals surface area (Å²) in [5, 5.41) is 13.2. The SMILES string of the molecule is O=C(CCc1cn2ccccc2n1)NC[C@H](O)CN1CCc2ccccc2C1. The number of aliphatic hydroxyl groups excluding tert-OH is 1. The molecule has 0 fully saturated rings. The Labute approximate surface area is 164 Å². The first kappa shape index (κ1) is 18.7. The molecule has 3 heterocycles.